The van der Waals surface area contributed by atoms with Gasteiger partial charge in [-0.05, 0) is 52.2 Å². The Morgan fingerprint density at radius 2 is 2.24 bits per heavy atom. The van der Waals surface area contributed by atoms with Crippen LogP contribution in [0.5, 0.6) is 0 Å². The fourth-order valence-corrected chi connectivity index (χ4v) is 3.76. The monoisotopic (exact) mass is 362 g/mol. The molecule has 0 aromatic carbocycles. The molecule has 3 heterocycles. The maximum Gasteiger partial charge on any atom is 0.410 e. The van der Waals surface area contributed by atoms with Crippen LogP contribution in [0.1, 0.15) is 39.3 Å². The van der Waals surface area contributed by atoms with Crippen LogP contribution in [0.2, 0.25) is 0 Å². The predicted molar refractivity (Wildman–Crippen MR) is 99.0 cm³/mol. The van der Waals surface area contributed by atoms with E-state index in [0.29, 0.717) is 5.92 Å². The highest BCUT2D eigenvalue weighted by molar-refractivity contribution is 7.98. The molecule has 0 unspecified atom stereocenters. The van der Waals surface area contributed by atoms with Gasteiger partial charge in [-0.15, -0.1) is 11.8 Å². The zero-order valence-corrected chi connectivity index (χ0v) is 16.2. The lowest BCUT2D eigenvalue weighted by Gasteiger charge is -2.34. The third-order valence-electron chi connectivity index (χ3n) is 4.26. The molecule has 1 atom stereocenters. The molecule has 1 aliphatic rings. The topological polar surface area (TPSA) is 59.7 Å². The summed E-state index contributed by atoms with van der Waals surface area (Å²) < 4.78 is 7.55. The average molecular weight is 362 g/mol. The first-order valence-electron chi connectivity index (χ1n) is 8.70. The number of amides is 1. The van der Waals surface area contributed by atoms with Gasteiger partial charge in [0.25, 0.3) is 0 Å². The molecule has 0 spiro atoms. The highest BCUT2D eigenvalue weighted by Crippen LogP contribution is 2.24. The average Bonchev–Trinajstić information content (AvgIpc) is 3.01. The second-order valence-electron chi connectivity index (χ2n) is 7.54. The molecule has 2 aromatic rings. The molecule has 2 aromatic heterocycles. The van der Waals surface area contributed by atoms with Crippen molar-refractivity contribution in [3.8, 4) is 0 Å². The van der Waals surface area contributed by atoms with E-state index in [0.717, 1.165) is 48.7 Å². The van der Waals surface area contributed by atoms with Gasteiger partial charge in [-0.2, -0.15) is 0 Å². The number of imidazole rings is 1. The summed E-state index contributed by atoms with van der Waals surface area (Å²) in [6.45, 7) is 7.21. The van der Waals surface area contributed by atoms with E-state index in [2.05, 4.69) is 11.2 Å². The number of hydrogen-bond acceptors (Lipinski definition) is 5. The lowest BCUT2D eigenvalue weighted by molar-refractivity contribution is 0.0165. The summed E-state index contributed by atoms with van der Waals surface area (Å²) in [6, 6.07) is 0. The molecule has 1 saturated heterocycles. The van der Waals surface area contributed by atoms with Gasteiger partial charge in [-0.25, -0.2) is 14.8 Å². The molecule has 0 radical (unpaired) electrons. The number of fused-ring (bicyclic) bond motifs is 1. The summed E-state index contributed by atoms with van der Waals surface area (Å²) in [6.07, 6.45) is 10.6. The Morgan fingerprint density at radius 1 is 1.44 bits per heavy atom. The molecule has 0 aliphatic carbocycles. The number of nitrogens with zero attached hydrogens (tertiary/aromatic N) is 4. The Balaban J connectivity index is 1.69. The second kappa shape index (κ2) is 7.23. The van der Waals surface area contributed by atoms with E-state index in [4.69, 9.17) is 9.72 Å². The zero-order valence-electron chi connectivity index (χ0n) is 15.4. The van der Waals surface area contributed by atoms with E-state index in [1.807, 2.05) is 42.5 Å². The van der Waals surface area contributed by atoms with Gasteiger partial charge in [0.2, 0.25) is 0 Å². The van der Waals surface area contributed by atoms with Crippen LogP contribution in [0.3, 0.4) is 0 Å². The van der Waals surface area contributed by atoms with Crippen LogP contribution in [0, 0.1) is 5.92 Å². The Kier molecular flexibility index (Phi) is 5.22. The number of ether oxygens (including phenoxy) is 1. The largest absolute Gasteiger partial charge is 0.444 e. The van der Waals surface area contributed by atoms with Crippen LogP contribution in [0.4, 0.5) is 4.79 Å². The molecule has 1 aliphatic heterocycles. The first kappa shape index (κ1) is 18.0. The van der Waals surface area contributed by atoms with Gasteiger partial charge in [0, 0.05) is 31.7 Å². The number of carbonyl (C=O) groups is 1. The van der Waals surface area contributed by atoms with E-state index in [-0.39, 0.29) is 6.09 Å². The van der Waals surface area contributed by atoms with Crippen LogP contribution >= 0.6 is 11.8 Å². The van der Waals surface area contributed by atoms with Crippen LogP contribution in [-0.2, 0) is 11.2 Å². The van der Waals surface area contributed by atoms with Crippen molar-refractivity contribution in [1.82, 2.24) is 19.3 Å². The highest BCUT2D eigenvalue weighted by atomic mass is 32.2. The standard InChI is InChI=1S/C18H26N4O2S/c1-18(2,3)24-17(23)22-8-5-6-13(11-22)10-14-12-21-9-7-19-15(21)16(20-14)25-4/h7,9,12-13H,5-6,8,10-11H2,1-4H3/t13-/m0/s1. The Bertz CT molecular complexity index is 753. The minimum Gasteiger partial charge on any atom is -0.444 e. The molecule has 0 N–H and O–H groups in total. The van der Waals surface area contributed by atoms with Crippen LogP contribution in [-0.4, -0.2) is 50.3 Å². The minimum atomic E-state index is -0.453. The second-order valence-corrected chi connectivity index (χ2v) is 8.33. The number of carbonyl (C=O) groups excluding carboxylic acids is 1. The summed E-state index contributed by atoms with van der Waals surface area (Å²) in [7, 11) is 0. The molecule has 3 rings (SSSR count). The maximum absolute atomic E-state index is 12.3. The van der Waals surface area contributed by atoms with Crippen molar-refractivity contribution in [2.45, 2.75) is 50.7 Å². The van der Waals surface area contributed by atoms with Crippen molar-refractivity contribution in [3.05, 3.63) is 24.3 Å². The number of thioether (sulfide) groups is 1. The van der Waals surface area contributed by atoms with Crippen LogP contribution in [0.15, 0.2) is 23.6 Å². The quantitative estimate of drug-likeness (QED) is 0.780. The van der Waals surface area contributed by atoms with Gasteiger partial charge in [-0.1, -0.05) is 0 Å². The minimum absolute atomic E-state index is 0.208. The van der Waals surface area contributed by atoms with E-state index >= 15 is 0 Å². The van der Waals surface area contributed by atoms with Gasteiger partial charge in [0.05, 0.1) is 5.69 Å². The van der Waals surface area contributed by atoms with E-state index < -0.39 is 5.60 Å². The molecule has 1 amide bonds. The normalized spacial score (nSPS) is 18.6. The summed E-state index contributed by atoms with van der Waals surface area (Å²) >= 11 is 1.61. The number of hydrogen-bond donors (Lipinski definition) is 0. The third kappa shape index (κ3) is 4.45. The molecule has 0 bridgehead atoms. The molecule has 6 nitrogen and oxygen atoms in total. The fourth-order valence-electron chi connectivity index (χ4n) is 3.21. The van der Waals surface area contributed by atoms with E-state index in [1.54, 1.807) is 18.0 Å². The molecule has 0 saturated carbocycles. The number of aromatic nitrogens is 3. The SMILES string of the molecule is CSc1nc(C[C@@H]2CCCN(C(=O)OC(C)(C)C)C2)cn2ccnc12. The van der Waals surface area contributed by atoms with Crippen molar-refractivity contribution < 1.29 is 9.53 Å². The van der Waals surface area contributed by atoms with Crippen molar-refractivity contribution in [3.63, 3.8) is 0 Å². The summed E-state index contributed by atoms with van der Waals surface area (Å²) in [4.78, 5) is 23.3. The van der Waals surface area contributed by atoms with E-state index in [9.17, 15) is 4.79 Å². The maximum atomic E-state index is 12.3. The zero-order chi connectivity index (χ0) is 18.0. The number of likely N-dealkylation sites (tertiary alicyclic amines) is 1. The first-order valence-corrected chi connectivity index (χ1v) is 9.92. The molecular formula is C18H26N4O2S. The summed E-state index contributed by atoms with van der Waals surface area (Å²) in [5.74, 6) is 0.407. The van der Waals surface area contributed by atoms with Crippen molar-refractivity contribution in [2.75, 3.05) is 19.3 Å². The third-order valence-corrected chi connectivity index (χ3v) is 4.92. The molecule has 1 fully saturated rings. The van der Waals surface area contributed by atoms with Crippen molar-refractivity contribution in [2.24, 2.45) is 5.92 Å². The number of rotatable bonds is 3. The first-order chi connectivity index (χ1) is 11.9. The van der Waals surface area contributed by atoms with Gasteiger partial charge >= 0.3 is 6.09 Å². The Hall–Kier alpha value is -1.76. The van der Waals surface area contributed by atoms with Crippen molar-refractivity contribution >= 4 is 23.5 Å². The van der Waals surface area contributed by atoms with Gasteiger partial charge in [0.15, 0.2) is 5.65 Å². The molecule has 136 valence electrons. The fraction of sp³-hybridized carbons (Fsp3) is 0.611. The Labute approximate surface area is 153 Å². The number of piperidine rings is 1. The lowest BCUT2D eigenvalue weighted by atomic mass is 9.94. The summed E-state index contributed by atoms with van der Waals surface area (Å²) in [5.41, 5.74) is 1.49. The Morgan fingerprint density at radius 3 is 2.96 bits per heavy atom. The molecule has 25 heavy (non-hydrogen) atoms. The van der Waals surface area contributed by atoms with Gasteiger partial charge in [-0.3, -0.25) is 0 Å². The van der Waals surface area contributed by atoms with E-state index in [1.165, 1.54) is 0 Å². The van der Waals surface area contributed by atoms with Gasteiger partial charge < -0.3 is 14.0 Å². The molecular weight excluding hydrogens is 336 g/mol. The van der Waals surface area contributed by atoms with Crippen LogP contribution in [0.25, 0.3) is 5.65 Å². The highest BCUT2D eigenvalue weighted by Gasteiger charge is 2.28. The van der Waals surface area contributed by atoms with Crippen molar-refractivity contribution in [1.29, 1.82) is 0 Å². The lowest BCUT2D eigenvalue weighted by Crippen LogP contribution is -2.43. The van der Waals surface area contributed by atoms with Gasteiger partial charge in [0.1, 0.15) is 10.6 Å². The summed E-state index contributed by atoms with van der Waals surface area (Å²) in [5, 5.41) is 0.947. The molecule has 7 heteroatoms. The predicted octanol–water partition coefficient (Wildman–Crippen LogP) is 3.64. The smallest absolute Gasteiger partial charge is 0.410 e. The van der Waals surface area contributed by atoms with Crippen LogP contribution < -0.4 is 0 Å².